The van der Waals surface area contributed by atoms with E-state index in [0.29, 0.717) is 11.3 Å². The van der Waals surface area contributed by atoms with Gasteiger partial charge in [0.25, 0.3) is 0 Å². The number of hydrogen-bond acceptors (Lipinski definition) is 1. The number of nitrogens with zero attached hydrogens (tertiary/aromatic N) is 1. The van der Waals surface area contributed by atoms with Crippen LogP contribution in [0.15, 0.2) is 36.5 Å². The Labute approximate surface area is 92.2 Å². The Morgan fingerprint density at radius 3 is 2.60 bits per heavy atom. The number of rotatable bonds is 0. The molecule has 0 bridgehead atoms. The van der Waals surface area contributed by atoms with E-state index >= 15 is 0 Å². The molecule has 3 rings (SSSR count). The third-order valence-electron chi connectivity index (χ3n) is 4.41. The second-order valence-corrected chi connectivity index (χ2v) is 5.27. The lowest BCUT2D eigenvalue weighted by Crippen LogP contribution is -2.40. The predicted molar refractivity (Wildman–Crippen MR) is 63.6 cm³/mol. The molecule has 2 unspecified atom stereocenters. The lowest BCUT2D eigenvalue weighted by Gasteiger charge is -2.42. The summed E-state index contributed by atoms with van der Waals surface area (Å²) < 4.78 is 0. The summed E-state index contributed by atoms with van der Waals surface area (Å²) >= 11 is 0. The Hall–Kier alpha value is -0.820. The SMILES string of the molecule is CN1CCC2(C=CC3C=CC=CC32)CC1. The fourth-order valence-corrected chi connectivity index (χ4v) is 3.33. The molecule has 0 radical (unpaired) electrons. The summed E-state index contributed by atoms with van der Waals surface area (Å²) in [6.07, 6.45) is 16.8. The highest BCUT2D eigenvalue weighted by molar-refractivity contribution is 5.29. The second-order valence-electron chi connectivity index (χ2n) is 5.27. The molecule has 1 saturated heterocycles. The van der Waals surface area contributed by atoms with Gasteiger partial charge in [0.15, 0.2) is 0 Å². The summed E-state index contributed by atoms with van der Waals surface area (Å²) in [5.74, 6) is 1.43. The first-order chi connectivity index (χ1) is 7.30. The molecule has 1 heterocycles. The van der Waals surface area contributed by atoms with Crippen molar-refractivity contribution in [2.75, 3.05) is 20.1 Å². The van der Waals surface area contributed by atoms with Crippen LogP contribution in [0.2, 0.25) is 0 Å². The van der Waals surface area contributed by atoms with Crippen LogP contribution in [0.3, 0.4) is 0 Å². The average molecular weight is 201 g/mol. The molecule has 1 nitrogen and oxygen atoms in total. The van der Waals surface area contributed by atoms with Crippen LogP contribution in [-0.2, 0) is 0 Å². The van der Waals surface area contributed by atoms with Crippen molar-refractivity contribution in [1.29, 1.82) is 0 Å². The summed E-state index contributed by atoms with van der Waals surface area (Å²) in [6.45, 7) is 2.51. The summed E-state index contributed by atoms with van der Waals surface area (Å²) in [7, 11) is 2.24. The predicted octanol–water partition coefficient (Wildman–Crippen LogP) is 2.63. The van der Waals surface area contributed by atoms with Crippen molar-refractivity contribution in [2.24, 2.45) is 17.3 Å². The molecule has 0 aromatic carbocycles. The molecule has 1 aliphatic heterocycles. The van der Waals surface area contributed by atoms with E-state index in [1.165, 1.54) is 25.9 Å². The van der Waals surface area contributed by atoms with E-state index in [0.717, 1.165) is 5.92 Å². The van der Waals surface area contributed by atoms with E-state index in [9.17, 15) is 0 Å². The summed E-state index contributed by atoms with van der Waals surface area (Å²) in [4.78, 5) is 2.45. The smallest absolute Gasteiger partial charge is 0.00212 e. The lowest BCUT2D eigenvalue weighted by atomic mass is 9.68. The molecule has 1 spiro atoms. The fraction of sp³-hybridized carbons (Fsp3) is 0.571. The molecule has 0 saturated carbocycles. The van der Waals surface area contributed by atoms with Gasteiger partial charge in [0.1, 0.15) is 0 Å². The van der Waals surface area contributed by atoms with E-state index in [2.05, 4.69) is 48.4 Å². The number of piperidine rings is 1. The molecule has 2 atom stereocenters. The van der Waals surface area contributed by atoms with Gasteiger partial charge in [-0.25, -0.2) is 0 Å². The number of hydrogen-bond donors (Lipinski definition) is 0. The Morgan fingerprint density at radius 1 is 1.07 bits per heavy atom. The number of fused-ring (bicyclic) bond motifs is 2. The van der Waals surface area contributed by atoms with Gasteiger partial charge < -0.3 is 4.90 Å². The highest BCUT2D eigenvalue weighted by Crippen LogP contribution is 2.50. The van der Waals surface area contributed by atoms with Crippen LogP contribution in [-0.4, -0.2) is 25.0 Å². The van der Waals surface area contributed by atoms with Crippen LogP contribution < -0.4 is 0 Å². The third-order valence-corrected chi connectivity index (χ3v) is 4.41. The largest absolute Gasteiger partial charge is 0.306 e. The molecule has 80 valence electrons. The van der Waals surface area contributed by atoms with Crippen LogP contribution in [0.1, 0.15) is 12.8 Å². The Kier molecular flexibility index (Phi) is 2.10. The second kappa shape index (κ2) is 3.34. The van der Waals surface area contributed by atoms with Crippen LogP contribution >= 0.6 is 0 Å². The molecule has 1 heteroatoms. The molecule has 0 aromatic rings. The first-order valence-electron chi connectivity index (χ1n) is 6.03. The van der Waals surface area contributed by atoms with Crippen molar-refractivity contribution in [2.45, 2.75) is 12.8 Å². The van der Waals surface area contributed by atoms with Gasteiger partial charge in [0.2, 0.25) is 0 Å². The maximum Gasteiger partial charge on any atom is 0.00212 e. The van der Waals surface area contributed by atoms with Crippen LogP contribution in [0.25, 0.3) is 0 Å². The van der Waals surface area contributed by atoms with Crippen molar-refractivity contribution in [3.8, 4) is 0 Å². The molecule has 0 N–H and O–H groups in total. The van der Waals surface area contributed by atoms with Gasteiger partial charge in [-0.2, -0.15) is 0 Å². The summed E-state index contributed by atoms with van der Waals surface area (Å²) in [5, 5.41) is 0. The van der Waals surface area contributed by atoms with E-state index in [1.54, 1.807) is 0 Å². The maximum absolute atomic E-state index is 2.51. The van der Waals surface area contributed by atoms with Crippen LogP contribution in [0, 0.1) is 17.3 Å². The number of likely N-dealkylation sites (tertiary alicyclic amines) is 1. The zero-order chi connectivity index (χ0) is 10.3. The van der Waals surface area contributed by atoms with Gasteiger partial charge >= 0.3 is 0 Å². The fourth-order valence-electron chi connectivity index (χ4n) is 3.33. The topological polar surface area (TPSA) is 3.24 Å². The molecule has 15 heavy (non-hydrogen) atoms. The molecule has 0 aromatic heterocycles. The molecular weight excluding hydrogens is 182 g/mol. The van der Waals surface area contributed by atoms with Gasteiger partial charge in [0.05, 0.1) is 0 Å². The van der Waals surface area contributed by atoms with E-state index in [4.69, 9.17) is 0 Å². The van der Waals surface area contributed by atoms with Gasteiger partial charge in [-0.1, -0.05) is 36.5 Å². The van der Waals surface area contributed by atoms with Crippen molar-refractivity contribution >= 4 is 0 Å². The molecule has 0 amide bonds. The summed E-state index contributed by atoms with van der Waals surface area (Å²) in [5.41, 5.74) is 0.485. The molecule has 3 aliphatic rings. The van der Waals surface area contributed by atoms with Gasteiger partial charge in [-0.15, -0.1) is 0 Å². The maximum atomic E-state index is 2.51. The average Bonchev–Trinajstić information content (AvgIpc) is 2.63. The van der Waals surface area contributed by atoms with Gasteiger partial charge in [-0.05, 0) is 44.3 Å². The first-order valence-corrected chi connectivity index (χ1v) is 6.03. The quantitative estimate of drug-likeness (QED) is 0.545. The van der Waals surface area contributed by atoms with E-state index in [-0.39, 0.29) is 0 Å². The third kappa shape index (κ3) is 1.41. The van der Waals surface area contributed by atoms with Crippen molar-refractivity contribution in [1.82, 2.24) is 4.90 Å². The standard InChI is InChI=1S/C14H19N/c1-15-10-8-14(9-11-15)7-6-12-4-2-3-5-13(12)14/h2-7,12-13H,8-11H2,1H3. The van der Waals surface area contributed by atoms with E-state index in [1.807, 2.05) is 0 Å². The van der Waals surface area contributed by atoms with Gasteiger partial charge in [0, 0.05) is 5.92 Å². The normalized spacial score (nSPS) is 37.4. The zero-order valence-electron chi connectivity index (χ0n) is 9.39. The minimum Gasteiger partial charge on any atom is -0.306 e. The summed E-state index contributed by atoms with van der Waals surface area (Å²) in [6, 6.07) is 0. The van der Waals surface area contributed by atoms with E-state index < -0.39 is 0 Å². The lowest BCUT2D eigenvalue weighted by molar-refractivity contribution is 0.125. The van der Waals surface area contributed by atoms with Crippen molar-refractivity contribution in [3.63, 3.8) is 0 Å². The minimum absolute atomic E-state index is 0.485. The highest BCUT2D eigenvalue weighted by atomic mass is 15.1. The molecule has 2 aliphatic carbocycles. The zero-order valence-corrected chi connectivity index (χ0v) is 9.39. The van der Waals surface area contributed by atoms with Crippen LogP contribution in [0.5, 0.6) is 0 Å². The monoisotopic (exact) mass is 201 g/mol. The van der Waals surface area contributed by atoms with Crippen molar-refractivity contribution < 1.29 is 0 Å². The van der Waals surface area contributed by atoms with Crippen molar-refractivity contribution in [3.05, 3.63) is 36.5 Å². The Bertz CT molecular complexity index is 329. The molecule has 1 fully saturated rings. The van der Waals surface area contributed by atoms with Crippen LogP contribution in [0.4, 0.5) is 0 Å². The minimum atomic E-state index is 0.485. The number of allylic oxidation sites excluding steroid dienone is 6. The highest BCUT2D eigenvalue weighted by Gasteiger charge is 2.43. The van der Waals surface area contributed by atoms with Gasteiger partial charge in [-0.3, -0.25) is 0 Å². The Morgan fingerprint density at radius 2 is 1.80 bits per heavy atom. The molecular formula is C14H19N. The Balaban J connectivity index is 1.85. The first kappa shape index (κ1) is 9.41.